The van der Waals surface area contributed by atoms with E-state index in [1.165, 1.54) is 0 Å². The second-order valence-electron chi connectivity index (χ2n) is 4.08. The number of carbonyl (C=O) groups is 2. The highest BCUT2D eigenvalue weighted by molar-refractivity contribution is 7.86. The first-order valence-corrected chi connectivity index (χ1v) is 6.93. The zero-order valence-electron chi connectivity index (χ0n) is 10.4. The van der Waals surface area contributed by atoms with E-state index in [4.69, 9.17) is 24.0 Å². The first-order chi connectivity index (χ1) is 8.03. The molecular weight excluding hydrogens is 266 g/mol. The largest absolute Gasteiger partial charge is 0.473 e. The van der Waals surface area contributed by atoms with E-state index in [-0.39, 0.29) is 6.10 Å². The first-order valence-electron chi connectivity index (χ1n) is 5.11. The zero-order chi connectivity index (χ0) is 14.5. The highest BCUT2D eigenvalue weighted by atomic mass is 32.2. The Morgan fingerprint density at radius 1 is 1.22 bits per heavy atom. The monoisotopic (exact) mass is 283 g/mol. The Hall–Kier alpha value is -1.19. The Labute approximate surface area is 105 Å². The number of carboxylic acid groups (broad SMARTS) is 2. The first kappa shape index (κ1) is 16.8. The molecule has 1 fully saturated rings. The van der Waals surface area contributed by atoms with Crippen molar-refractivity contribution in [2.45, 2.75) is 26.0 Å². The summed E-state index contributed by atoms with van der Waals surface area (Å²) in [6.45, 7) is 5.61. The molecule has 9 heteroatoms. The van der Waals surface area contributed by atoms with Crippen LogP contribution in [-0.2, 0) is 23.9 Å². The van der Waals surface area contributed by atoms with Gasteiger partial charge >= 0.3 is 11.9 Å². The van der Waals surface area contributed by atoms with Gasteiger partial charge in [-0.2, -0.15) is 8.42 Å². The van der Waals surface area contributed by atoms with Crippen molar-refractivity contribution < 1.29 is 32.4 Å². The molecule has 1 aliphatic heterocycles. The smallest absolute Gasteiger partial charge is 0.414 e. The van der Waals surface area contributed by atoms with Gasteiger partial charge in [-0.15, -0.1) is 0 Å². The molecule has 0 aromatic heterocycles. The van der Waals surface area contributed by atoms with Crippen molar-refractivity contribution in [3.8, 4) is 0 Å². The zero-order valence-corrected chi connectivity index (χ0v) is 11.2. The van der Waals surface area contributed by atoms with Gasteiger partial charge in [-0.25, -0.2) is 9.59 Å². The van der Waals surface area contributed by atoms with Crippen molar-refractivity contribution in [2.75, 3.05) is 19.3 Å². The second kappa shape index (κ2) is 6.66. The average Bonchev–Trinajstić information content (AvgIpc) is 2.09. The maximum atomic E-state index is 10.7. The van der Waals surface area contributed by atoms with Crippen molar-refractivity contribution in [3.63, 3.8) is 0 Å². The summed E-state index contributed by atoms with van der Waals surface area (Å²) in [7, 11) is -3.26. The molecule has 0 aliphatic carbocycles. The van der Waals surface area contributed by atoms with Gasteiger partial charge in [0.05, 0.1) is 6.26 Å². The maximum Gasteiger partial charge on any atom is 0.414 e. The molecule has 0 spiro atoms. The number of carboxylic acids is 2. The molecule has 8 nitrogen and oxygen atoms in total. The molecule has 0 atom stereocenters. The Morgan fingerprint density at radius 3 is 1.83 bits per heavy atom. The standard InChI is InChI=1S/C7H15NO3S.C2H2O4/c1-6(2)8-4-7(5-8)11-12(3,9)10;3-1(4)2(5)6/h6-7H,4-5H2,1-3H3;(H,3,4)(H,5,6). The van der Waals surface area contributed by atoms with E-state index in [0.29, 0.717) is 6.04 Å². The predicted octanol–water partition coefficient (Wildman–Crippen LogP) is -0.789. The highest BCUT2D eigenvalue weighted by Gasteiger charge is 2.31. The van der Waals surface area contributed by atoms with E-state index in [1.807, 2.05) is 0 Å². The molecule has 1 rings (SSSR count). The molecule has 2 N–H and O–H groups in total. The molecule has 1 saturated heterocycles. The Morgan fingerprint density at radius 2 is 1.61 bits per heavy atom. The van der Waals surface area contributed by atoms with Crippen LogP contribution in [0.1, 0.15) is 13.8 Å². The van der Waals surface area contributed by atoms with Crippen molar-refractivity contribution in [1.82, 2.24) is 4.90 Å². The van der Waals surface area contributed by atoms with Crippen LogP contribution < -0.4 is 0 Å². The molecule has 1 aliphatic rings. The lowest BCUT2D eigenvalue weighted by Crippen LogP contribution is -2.55. The van der Waals surface area contributed by atoms with E-state index in [2.05, 4.69) is 18.7 Å². The summed E-state index contributed by atoms with van der Waals surface area (Å²) >= 11 is 0. The van der Waals surface area contributed by atoms with Gasteiger partial charge in [0, 0.05) is 19.1 Å². The van der Waals surface area contributed by atoms with Crippen LogP contribution in [0.4, 0.5) is 0 Å². The van der Waals surface area contributed by atoms with Gasteiger partial charge in [0.15, 0.2) is 0 Å². The summed E-state index contributed by atoms with van der Waals surface area (Å²) in [4.78, 5) is 20.4. The van der Waals surface area contributed by atoms with Gasteiger partial charge in [-0.3, -0.25) is 9.08 Å². The number of rotatable bonds is 3. The maximum absolute atomic E-state index is 10.7. The van der Waals surface area contributed by atoms with Gasteiger partial charge in [-0.05, 0) is 13.8 Å². The SMILES string of the molecule is CC(C)N1CC(OS(C)(=O)=O)C1.O=C(O)C(=O)O. The van der Waals surface area contributed by atoms with Crippen LogP contribution in [0, 0.1) is 0 Å². The molecule has 18 heavy (non-hydrogen) atoms. The number of hydrogen-bond acceptors (Lipinski definition) is 6. The molecule has 106 valence electrons. The fourth-order valence-electron chi connectivity index (χ4n) is 1.20. The topological polar surface area (TPSA) is 121 Å². The third-order valence-corrected chi connectivity index (χ3v) is 2.72. The minimum atomic E-state index is -3.26. The quantitative estimate of drug-likeness (QED) is 0.510. The number of nitrogens with zero attached hydrogens (tertiary/aromatic N) is 1. The molecule has 0 amide bonds. The van der Waals surface area contributed by atoms with Crippen molar-refractivity contribution in [3.05, 3.63) is 0 Å². The van der Waals surface area contributed by atoms with Crippen molar-refractivity contribution in [2.24, 2.45) is 0 Å². The lowest BCUT2D eigenvalue weighted by atomic mass is 10.1. The van der Waals surface area contributed by atoms with Gasteiger partial charge in [0.1, 0.15) is 6.10 Å². The third kappa shape index (κ3) is 7.20. The Balaban J connectivity index is 0.000000411. The van der Waals surface area contributed by atoms with Crippen LogP contribution >= 0.6 is 0 Å². The van der Waals surface area contributed by atoms with E-state index >= 15 is 0 Å². The summed E-state index contributed by atoms with van der Waals surface area (Å²) < 4.78 is 26.1. The van der Waals surface area contributed by atoms with Crippen molar-refractivity contribution in [1.29, 1.82) is 0 Å². The van der Waals surface area contributed by atoms with Gasteiger partial charge < -0.3 is 10.2 Å². The molecule has 0 bridgehead atoms. The second-order valence-corrected chi connectivity index (χ2v) is 5.68. The number of likely N-dealkylation sites (tertiary alicyclic amines) is 1. The van der Waals surface area contributed by atoms with Gasteiger partial charge in [-0.1, -0.05) is 0 Å². The van der Waals surface area contributed by atoms with Crippen LogP contribution in [0.5, 0.6) is 0 Å². The minimum Gasteiger partial charge on any atom is -0.473 e. The Kier molecular flexibility index (Phi) is 6.22. The summed E-state index contributed by atoms with van der Waals surface area (Å²) in [5, 5.41) is 14.8. The van der Waals surface area contributed by atoms with E-state index in [0.717, 1.165) is 19.3 Å². The number of hydrogen-bond donors (Lipinski definition) is 2. The Bertz CT molecular complexity index is 385. The van der Waals surface area contributed by atoms with Crippen LogP contribution in [0.15, 0.2) is 0 Å². The normalized spacial score (nSPS) is 16.7. The molecule has 1 heterocycles. The minimum absolute atomic E-state index is 0.123. The lowest BCUT2D eigenvalue weighted by Gasteiger charge is -2.40. The van der Waals surface area contributed by atoms with E-state index in [9.17, 15) is 8.42 Å². The van der Waals surface area contributed by atoms with Crippen LogP contribution in [0.25, 0.3) is 0 Å². The molecule has 0 saturated carbocycles. The van der Waals surface area contributed by atoms with Gasteiger partial charge in [0.25, 0.3) is 10.1 Å². The molecule has 0 aromatic carbocycles. The van der Waals surface area contributed by atoms with Crippen molar-refractivity contribution >= 4 is 22.1 Å². The molecule has 0 radical (unpaired) electrons. The van der Waals surface area contributed by atoms with E-state index in [1.54, 1.807) is 0 Å². The lowest BCUT2D eigenvalue weighted by molar-refractivity contribution is -0.159. The third-order valence-electron chi connectivity index (χ3n) is 2.10. The highest BCUT2D eigenvalue weighted by Crippen LogP contribution is 2.16. The van der Waals surface area contributed by atoms with E-state index < -0.39 is 22.1 Å². The summed E-state index contributed by atoms with van der Waals surface area (Å²) in [6.07, 6.45) is 0.966. The average molecular weight is 283 g/mol. The number of aliphatic carboxylic acids is 2. The fourth-order valence-corrected chi connectivity index (χ4v) is 1.82. The van der Waals surface area contributed by atoms with Crippen LogP contribution in [0.3, 0.4) is 0 Å². The predicted molar refractivity (Wildman–Crippen MR) is 61.7 cm³/mol. The summed E-state index contributed by atoms with van der Waals surface area (Å²) in [5.74, 6) is -3.65. The molecular formula is C9H17NO7S. The molecule has 0 aromatic rings. The summed E-state index contributed by atoms with van der Waals surface area (Å²) in [5.41, 5.74) is 0. The van der Waals surface area contributed by atoms with Crippen LogP contribution in [-0.4, -0.2) is 67.0 Å². The van der Waals surface area contributed by atoms with Crippen LogP contribution in [0.2, 0.25) is 0 Å². The molecule has 0 unspecified atom stereocenters. The summed E-state index contributed by atoms with van der Waals surface area (Å²) in [6, 6.07) is 0.476. The van der Waals surface area contributed by atoms with Gasteiger partial charge in [0.2, 0.25) is 0 Å². The fraction of sp³-hybridized carbons (Fsp3) is 0.778.